The average Bonchev–Trinajstić information content (AvgIpc) is 2.26. The van der Waals surface area contributed by atoms with Gasteiger partial charge in [0.1, 0.15) is 0 Å². The zero-order valence-electron chi connectivity index (χ0n) is 10.6. The largest absolute Gasteiger partial charge is 0.373 e. The summed E-state index contributed by atoms with van der Waals surface area (Å²) >= 11 is 6.63. The molecule has 4 nitrogen and oxygen atoms in total. The summed E-state index contributed by atoms with van der Waals surface area (Å²) in [5.74, 6) is 0. The van der Waals surface area contributed by atoms with Crippen LogP contribution in [-0.2, 0) is 14.8 Å². The molecule has 19 heavy (non-hydrogen) atoms. The van der Waals surface area contributed by atoms with E-state index in [0.717, 1.165) is 4.47 Å². The lowest BCUT2D eigenvalue weighted by molar-refractivity contribution is -0.0440. The van der Waals surface area contributed by atoms with Gasteiger partial charge < -0.3 is 4.74 Å². The summed E-state index contributed by atoms with van der Waals surface area (Å²) in [5.41, 5.74) is 0. The SMILES string of the molecule is CC1CN(S(=O)(=O)c2ccc(Br)cc2Br)CC(C)O1. The summed E-state index contributed by atoms with van der Waals surface area (Å²) in [6.07, 6.45) is -0.180. The van der Waals surface area contributed by atoms with Crippen molar-refractivity contribution in [2.45, 2.75) is 31.0 Å². The first-order valence-corrected chi connectivity index (χ1v) is 8.94. The number of ether oxygens (including phenoxy) is 1. The molecule has 0 aromatic heterocycles. The Bertz CT molecular complexity index is 566. The highest BCUT2D eigenvalue weighted by atomic mass is 79.9. The van der Waals surface area contributed by atoms with Gasteiger partial charge in [0.05, 0.1) is 17.1 Å². The van der Waals surface area contributed by atoms with Gasteiger partial charge in [-0.1, -0.05) is 15.9 Å². The maximum Gasteiger partial charge on any atom is 0.244 e. The number of rotatable bonds is 2. The fourth-order valence-corrected chi connectivity index (χ4v) is 5.45. The molecule has 0 spiro atoms. The summed E-state index contributed by atoms with van der Waals surface area (Å²) in [5, 5.41) is 0. The van der Waals surface area contributed by atoms with Crippen molar-refractivity contribution in [3.05, 3.63) is 27.1 Å². The molecule has 0 saturated carbocycles. The number of benzene rings is 1. The molecular weight excluding hydrogens is 398 g/mol. The Hall–Kier alpha value is 0.0500. The third-order valence-electron chi connectivity index (χ3n) is 2.90. The van der Waals surface area contributed by atoms with Crippen LogP contribution in [0.5, 0.6) is 0 Å². The van der Waals surface area contributed by atoms with Gasteiger partial charge >= 0.3 is 0 Å². The van der Waals surface area contributed by atoms with E-state index in [4.69, 9.17) is 4.74 Å². The molecule has 1 fully saturated rings. The molecule has 1 aliphatic rings. The monoisotopic (exact) mass is 411 g/mol. The van der Waals surface area contributed by atoms with Crippen molar-refractivity contribution >= 4 is 41.9 Å². The Morgan fingerprint density at radius 3 is 2.32 bits per heavy atom. The Morgan fingerprint density at radius 1 is 1.21 bits per heavy atom. The molecule has 2 rings (SSSR count). The van der Waals surface area contributed by atoms with E-state index in [2.05, 4.69) is 31.9 Å². The molecule has 2 unspecified atom stereocenters. The molecule has 1 aromatic carbocycles. The highest BCUT2D eigenvalue weighted by Crippen LogP contribution is 2.29. The van der Waals surface area contributed by atoms with Crippen LogP contribution in [0.3, 0.4) is 0 Å². The second-order valence-corrected chi connectivity index (χ2v) is 8.33. The van der Waals surface area contributed by atoms with Crippen LogP contribution in [0.25, 0.3) is 0 Å². The fraction of sp³-hybridized carbons (Fsp3) is 0.500. The predicted octanol–water partition coefficient (Wildman–Crippen LogP) is 3.01. The molecule has 0 aliphatic carbocycles. The van der Waals surface area contributed by atoms with E-state index in [-0.39, 0.29) is 17.1 Å². The van der Waals surface area contributed by atoms with E-state index >= 15 is 0 Å². The molecule has 1 aromatic rings. The molecule has 0 N–H and O–H groups in total. The van der Waals surface area contributed by atoms with Crippen LogP contribution in [0.4, 0.5) is 0 Å². The molecule has 0 radical (unpaired) electrons. The van der Waals surface area contributed by atoms with Gasteiger partial charge in [-0.15, -0.1) is 0 Å². The summed E-state index contributed by atoms with van der Waals surface area (Å²) in [6.45, 7) is 4.54. The van der Waals surface area contributed by atoms with Gasteiger partial charge in [-0.3, -0.25) is 0 Å². The average molecular weight is 413 g/mol. The van der Waals surface area contributed by atoms with E-state index in [1.165, 1.54) is 4.31 Å². The Balaban J connectivity index is 2.36. The maximum absolute atomic E-state index is 12.6. The van der Waals surface area contributed by atoms with Crippen LogP contribution in [-0.4, -0.2) is 38.0 Å². The normalized spacial score (nSPS) is 25.5. The minimum atomic E-state index is -3.49. The van der Waals surface area contributed by atoms with E-state index < -0.39 is 10.0 Å². The smallest absolute Gasteiger partial charge is 0.244 e. The number of hydrogen-bond acceptors (Lipinski definition) is 3. The highest BCUT2D eigenvalue weighted by molar-refractivity contribution is 9.11. The molecule has 7 heteroatoms. The minimum Gasteiger partial charge on any atom is -0.373 e. The Morgan fingerprint density at radius 2 is 1.79 bits per heavy atom. The maximum atomic E-state index is 12.6. The van der Waals surface area contributed by atoms with Crippen molar-refractivity contribution in [1.29, 1.82) is 0 Å². The first kappa shape index (κ1) is 15.4. The lowest BCUT2D eigenvalue weighted by Gasteiger charge is -2.34. The zero-order chi connectivity index (χ0) is 14.2. The minimum absolute atomic E-state index is 0.0900. The van der Waals surface area contributed by atoms with Crippen LogP contribution >= 0.6 is 31.9 Å². The van der Waals surface area contributed by atoms with Crippen LogP contribution < -0.4 is 0 Å². The van der Waals surface area contributed by atoms with E-state index in [9.17, 15) is 8.42 Å². The van der Waals surface area contributed by atoms with Gasteiger partial charge in [0.25, 0.3) is 0 Å². The van der Waals surface area contributed by atoms with Crippen molar-refractivity contribution in [1.82, 2.24) is 4.31 Å². The van der Waals surface area contributed by atoms with Crippen molar-refractivity contribution < 1.29 is 13.2 Å². The van der Waals surface area contributed by atoms with Crippen molar-refractivity contribution in [2.24, 2.45) is 0 Å². The third kappa shape index (κ3) is 3.39. The first-order valence-electron chi connectivity index (χ1n) is 5.91. The van der Waals surface area contributed by atoms with Crippen molar-refractivity contribution in [3.63, 3.8) is 0 Å². The molecule has 0 bridgehead atoms. The van der Waals surface area contributed by atoms with Gasteiger partial charge in [-0.25, -0.2) is 8.42 Å². The second kappa shape index (κ2) is 5.81. The topological polar surface area (TPSA) is 46.6 Å². The van der Waals surface area contributed by atoms with Crippen LogP contribution in [0.2, 0.25) is 0 Å². The van der Waals surface area contributed by atoms with Crippen LogP contribution in [0.15, 0.2) is 32.0 Å². The van der Waals surface area contributed by atoms with E-state index in [1.807, 2.05) is 13.8 Å². The van der Waals surface area contributed by atoms with Crippen molar-refractivity contribution in [3.8, 4) is 0 Å². The second-order valence-electron chi connectivity index (χ2n) is 4.65. The van der Waals surface area contributed by atoms with Gasteiger partial charge in [0.2, 0.25) is 10.0 Å². The number of morpholine rings is 1. The molecule has 1 saturated heterocycles. The quantitative estimate of drug-likeness (QED) is 0.749. The molecule has 1 aliphatic heterocycles. The standard InChI is InChI=1S/C12H15Br2NO3S/c1-8-6-15(7-9(2)18-8)19(16,17)12-4-3-10(13)5-11(12)14/h3-5,8-9H,6-7H2,1-2H3. The van der Waals surface area contributed by atoms with E-state index in [1.54, 1.807) is 18.2 Å². The van der Waals surface area contributed by atoms with E-state index in [0.29, 0.717) is 17.6 Å². The van der Waals surface area contributed by atoms with Crippen molar-refractivity contribution in [2.75, 3.05) is 13.1 Å². The number of halogens is 2. The lowest BCUT2D eigenvalue weighted by atomic mass is 10.3. The number of sulfonamides is 1. The summed E-state index contributed by atoms with van der Waals surface area (Å²) in [4.78, 5) is 0.289. The van der Waals surface area contributed by atoms with Gasteiger partial charge in [-0.05, 0) is 48.0 Å². The Labute approximate surface area is 130 Å². The number of nitrogens with zero attached hydrogens (tertiary/aromatic N) is 1. The molecule has 106 valence electrons. The van der Waals surface area contributed by atoms with Crippen LogP contribution in [0.1, 0.15) is 13.8 Å². The third-order valence-corrected chi connectivity index (χ3v) is 6.20. The summed E-state index contributed by atoms with van der Waals surface area (Å²) in [6, 6.07) is 5.07. The van der Waals surface area contributed by atoms with Gasteiger partial charge in [0, 0.05) is 22.0 Å². The lowest BCUT2D eigenvalue weighted by Crippen LogP contribution is -2.48. The Kier molecular flexibility index (Phi) is 4.72. The predicted molar refractivity (Wildman–Crippen MR) is 80.6 cm³/mol. The van der Waals surface area contributed by atoms with Crippen LogP contribution in [0, 0.1) is 0 Å². The fourth-order valence-electron chi connectivity index (χ4n) is 2.15. The molecule has 2 atom stereocenters. The number of hydrogen-bond donors (Lipinski definition) is 0. The molecule has 0 amide bonds. The highest BCUT2D eigenvalue weighted by Gasteiger charge is 2.33. The molecular formula is C12H15Br2NO3S. The molecule has 1 heterocycles. The summed E-state index contributed by atoms with van der Waals surface area (Å²) < 4.78 is 33.7. The zero-order valence-corrected chi connectivity index (χ0v) is 14.6. The summed E-state index contributed by atoms with van der Waals surface area (Å²) in [7, 11) is -3.49. The van der Waals surface area contributed by atoms with Gasteiger partial charge in [0.15, 0.2) is 0 Å². The first-order chi connectivity index (χ1) is 8.80. The van der Waals surface area contributed by atoms with Gasteiger partial charge in [-0.2, -0.15) is 4.31 Å².